The number of benzene rings is 1. The van der Waals surface area contributed by atoms with Crippen LogP contribution in [0.25, 0.3) is 0 Å². The van der Waals surface area contributed by atoms with Crippen molar-refractivity contribution < 1.29 is 63.0 Å². The van der Waals surface area contributed by atoms with E-state index in [-0.39, 0.29) is 49.0 Å². The number of carbonyl (C=O) groups excluding carboxylic acids is 10. The summed E-state index contributed by atoms with van der Waals surface area (Å²) in [5.41, 5.74) is 17.5. The molecule has 2 rings (SSSR count). The SMILES string of the molecule is CC[C@H](C)[C@H](NC(=O)[C@H](Cc1ccc(O)cc1)NC(=O)[C@@H](N)CSC)C(=O)N[C@@H](CCC(N)=O)C(=O)N[C@@H](CC(N)=O)C(=O)N[C@@H](CSC)C(=O)N1CCC[C@H]1C(=O)N[C@@H](CC(C)C)C(=O)NCC(=O)O. The van der Waals surface area contributed by atoms with Crippen LogP contribution in [-0.4, -0.2) is 166 Å². The van der Waals surface area contributed by atoms with E-state index in [0.717, 1.165) is 11.8 Å². The van der Waals surface area contributed by atoms with Crippen molar-refractivity contribution in [2.75, 3.05) is 37.1 Å². The molecule has 1 fully saturated rings. The van der Waals surface area contributed by atoms with E-state index in [1.807, 2.05) is 0 Å². The summed E-state index contributed by atoms with van der Waals surface area (Å²) in [6, 6.07) is -4.54. The Labute approximate surface area is 421 Å². The summed E-state index contributed by atoms with van der Waals surface area (Å²) in [5, 5.41) is 36.5. The minimum Gasteiger partial charge on any atom is -0.508 e. The van der Waals surface area contributed by atoms with E-state index in [9.17, 15) is 57.8 Å². The first kappa shape index (κ1) is 61.0. The molecule has 1 saturated heterocycles. The highest BCUT2D eigenvalue weighted by Crippen LogP contribution is 2.21. The van der Waals surface area contributed by atoms with Gasteiger partial charge in [0.15, 0.2) is 0 Å². The lowest BCUT2D eigenvalue weighted by Gasteiger charge is -2.31. The van der Waals surface area contributed by atoms with Crippen LogP contribution in [0.4, 0.5) is 0 Å². The van der Waals surface area contributed by atoms with Crippen LogP contribution in [0, 0.1) is 11.8 Å². The number of hydrogen-bond acceptors (Lipinski definition) is 15. The van der Waals surface area contributed by atoms with Crippen molar-refractivity contribution in [2.45, 2.75) is 127 Å². The molecule has 24 nitrogen and oxygen atoms in total. The third-order valence-electron chi connectivity index (χ3n) is 11.4. The fourth-order valence-electron chi connectivity index (χ4n) is 7.44. The molecule has 1 heterocycles. The first-order chi connectivity index (χ1) is 33.4. The number of carboxylic acids is 1. The average molecular weight is 1040 g/mol. The van der Waals surface area contributed by atoms with E-state index in [2.05, 4.69) is 37.2 Å². The molecule has 26 heteroatoms. The maximum atomic E-state index is 14.1. The number of carbonyl (C=O) groups is 11. The van der Waals surface area contributed by atoms with E-state index >= 15 is 0 Å². The second kappa shape index (κ2) is 30.6. The Kier molecular flexibility index (Phi) is 26.2. The standard InChI is InChI=1S/C45H71N11O13S2/c1-7-24(4)37(55-42(66)30(51-38(62)27(46)21-70-5)18-25-10-12-26(57)13-11-25)44(68)50-28(14-15-34(47)58)40(64)52-31(19-35(48)59)41(65)54-32(22-71-6)45(69)56-16-8-9-33(56)43(67)53-29(17-23(2)3)39(63)49-20-36(60)61/h10-13,23-24,27-33,37,57H,7-9,14-22,46H2,1-6H3,(H2,47,58)(H2,48,59)(H,49,63)(H,50,68)(H,51,62)(H,52,64)(H,53,67)(H,54,65)(H,55,66)(H,60,61)/t24-,27-,28-,29-,30-,31-,32-,33-,37-/m0/s1. The van der Waals surface area contributed by atoms with Crippen LogP contribution in [-0.2, 0) is 59.2 Å². The Morgan fingerprint density at radius 3 is 1.86 bits per heavy atom. The van der Waals surface area contributed by atoms with Gasteiger partial charge in [-0.15, -0.1) is 0 Å². The molecule has 1 aromatic rings. The summed E-state index contributed by atoms with van der Waals surface area (Å²) in [7, 11) is 0. The van der Waals surface area contributed by atoms with E-state index in [1.54, 1.807) is 52.3 Å². The van der Waals surface area contributed by atoms with Gasteiger partial charge in [0.2, 0.25) is 59.1 Å². The molecule has 1 aromatic carbocycles. The topological polar surface area (TPSA) is 394 Å². The maximum Gasteiger partial charge on any atom is 0.322 e. The number of hydrogen-bond donors (Lipinski definition) is 12. The molecule has 0 aromatic heterocycles. The molecule has 1 aliphatic heterocycles. The molecule has 0 radical (unpaired) electrons. The van der Waals surface area contributed by atoms with Crippen molar-refractivity contribution >= 4 is 88.6 Å². The number of phenols is 1. The van der Waals surface area contributed by atoms with Crippen LogP contribution in [0.5, 0.6) is 5.75 Å². The van der Waals surface area contributed by atoms with Gasteiger partial charge in [-0.2, -0.15) is 23.5 Å². The van der Waals surface area contributed by atoms with E-state index in [4.69, 9.17) is 22.3 Å². The molecule has 10 amide bonds. The van der Waals surface area contributed by atoms with Crippen LogP contribution in [0.3, 0.4) is 0 Å². The van der Waals surface area contributed by atoms with Crippen LogP contribution < -0.4 is 54.4 Å². The molecule has 1 aliphatic rings. The fourth-order valence-corrected chi connectivity index (χ4v) is 8.51. The molecule has 0 saturated carbocycles. The van der Waals surface area contributed by atoms with E-state index in [1.165, 1.54) is 28.8 Å². The third kappa shape index (κ3) is 21.0. The number of nitrogens with zero attached hydrogens (tertiary/aromatic N) is 1. The number of phenolic OH excluding ortho intramolecular Hbond substituents is 1. The minimum absolute atomic E-state index is 0.0329. The summed E-state index contributed by atoms with van der Waals surface area (Å²) in [4.78, 5) is 146. The summed E-state index contributed by atoms with van der Waals surface area (Å²) < 4.78 is 0. The minimum atomic E-state index is -1.74. The first-order valence-corrected chi connectivity index (χ1v) is 25.9. The highest BCUT2D eigenvalue weighted by molar-refractivity contribution is 7.98. The quantitative estimate of drug-likeness (QED) is 0.0361. The lowest BCUT2D eigenvalue weighted by molar-refractivity contribution is -0.142. The lowest BCUT2D eigenvalue weighted by atomic mass is 9.96. The van der Waals surface area contributed by atoms with Crippen molar-refractivity contribution in [1.29, 1.82) is 0 Å². The predicted molar refractivity (Wildman–Crippen MR) is 265 cm³/mol. The molecule has 0 aliphatic carbocycles. The van der Waals surface area contributed by atoms with E-state index in [0.29, 0.717) is 18.4 Å². The van der Waals surface area contributed by atoms with Gasteiger partial charge in [-0.1, -0.05) is 46.2 Å². The van der Waals surface area contributed by atoms with Gasteiger partial charge in [0.1, 0.15) is 54.6 Å². The maximum absolute atomic E-state index is 14.1. The number of primary amides is 2. The summed E-state index contributed by atoms with van der Waals surface area (Å²) in [6.45, 7) is 6.41. The number of carboxylic acid groups (broad SMARTS) is 1. The number of thioether (sulfide) groups is 2. The Morgan fingerprint density at radius 2 is 1.30 bits per heavy atom. The smallest absolute Gasteiger partial charge is 0.322 e. The second-order valence-electron chi connectivity index (χ2n) is 17.7. The first-order valence-electron chi connectivity index (χ1n) is 23.1. The third-order valence-corrected chi connectivity index (χ3v) is 12.7. The van der Waals surface area contributed by atoms with Gasteiger partial charge in [-0.3, -0.25) is 52.7 Å². The molecule has 71 heavy (non-hydrogen) atoms. The van der Waals surface area contributed by atoms with Crippen LogP contribution in [0.15, 0.2) is 24.3 Å². The highest BCUT2D eigenvalue weighted by atomic mass is 32.2. The van der Waals surface area contributed by atoms with Crippen molar-refractivity contribution in [3.05, 3.63) is 29.8 Å². The molecule has 9 atom stereocenters. The predicted octanol–water partition coefficient (Wildman–Crippen LogP) is -2.68. The van der Waals surface area contributed by atoms with Crippen LogP contribution in [0.1, 0.15) is 78.2 Å². The molecule has 396 valence electrons. The largest absolute Gasteiger partial charge is 0.508 e. The number of likely N-dealkylation sites (tertiary alicyclic amines) is 1. The molecular weight excluding hydrogens is 967 g/mol. The van der Waals surface area contributed by atoms with Gasteiger partial charge in [0.05, 0.1) is 12.5 Å². The van der Waals surface area contributed by atoms with Gasteiger partial charge >= 0.3 is 5.97 Å². The number of amides is 10. The number of aromatic hydroxyl groups is 1. The normalized spacial score (nSPS) is 16.6. The molecular formula is C45H71N11O13S2. The number of rotatable bonds is 31. The van der Waals surface area contributed by atoms with Crippen molar-refractivity contribution in [1.82, 2.24) is 42.1 Å². The average Bonchev–Trinajstić information content (AvgIpc) is 3.80. The summed E-state index contributed by atoms with van der Waals surface area (Å²) in [6.07, 6.45) is 2.76. The monoisotopic (exact) mass is 1040 g/mol. The second-order valence-corrected chi connectivity index (χ2v) is 19.5. The number of nitrogens with two attached hydrogens (primary N) is 3. The van der Waals surface area contributed by atoms with Gasteiger partial charge in [-0.25, -0.2) is 0 Å². The zero-order valence-corrected chi connectivity index (χ0v) is 42.6. The Morgan fingerprint density at radius 1 is 0.718 bits per heavy atom. The van der Waals surface area contributed by atoms with Gasteiger partial charge < -0.3 is 69.5 Å². The Hall–Kier alpha value is -6.15. The molecule has 0 bridgehead atoms. The number of nitrogens with one attached hydrogen (secondary N) is 7. The summed E-state index contributed by atoms with van der Waals surface area (Å²) in [5.74, 6) is -10.2. The zero-order valence-electron chi connectivity index (χ0n) is 40.9. The Balaban J connectivity index is 2.38. The number of aliphatic carboxylic acids is 1. The van der Waals surface area contributed by atoms with Crippen LogP contribution >= 0.6 is 23.5 Å². The summed E-state index contributed by atoms with van der Waals surface area (Å²) >= 11 is 2.47. The van der Waals surface area contributed by atoms with Gasteiger partial charge in [-0.05, 0) is 67.7 Å². The molecule has 15 N–H and O–H groups in total. The van der Waals surface area contributed by atoms with Crippen molar-refractivity contribution in [2.24, 2.45) is 29.0 Å². The Bertz CT molecular complexity index is 2050. The fraction of sp³-hybridized carbons (Fsp3) is 0.622. The zero-order chi connectivity index (χ0) is 53.5. The van der Waals surface area contributed by atoms with Crippen LogP contribution in [0.2, 0.25) is 0 Å². The van der Waals surface area contributed by atoms with Gasteiger partial charge in [0.25, 0.3) is 0 Å². The highest BCUT2D eigenvalue weighted by Gasteiger charge is 2.40. The van der Waals surface area contributed by atoms with E-state index < -0.39 is 145 Å². The van der Waals surface area contributed by atoms with Crippen molar-refractivity contribution in [3.8, 4) is 5.75 Å². The molecule has 0 unspecified atom stereocenters. The van der Waals surface area contributed by atoms with Gasteiger partial charge in [0, 0.05) is 30.9 Å². The molecule has 0 spiro atoms. The lowest BCUT2D eigenvalue weighted by Crippen LogP contribution is -2.61. The van der Waals surface area contributed by atoms with Crippen molar-refractivity contribution in [3.63, 3.8) is 0 Å².